The molecule has 0 unspecified atom stereocenters. The third-order valence-corrected chi connectivity index (χ3v) is 4.80. The summed E-state index contributed by atoms with van der Waals surface area (Å²) >= 11 is 1.39. The lowest BCUT2D eigenvalue weighted by Gasteiger charge is -2.11. The summed E-state index contributed by atoms with van der Waals surface area (Å²) in [4.78, 5) is 6.81. The van der Waals surface area contributed by atoms with Gasteiger partial charge in [-0.2, -0.15) is 0 Å². The third-order valence-electron chi connectivity index (χ3n) is 2.56. The number of hydrogen-bond donors (Lipinski definition) is 2. The lowest BCUT2D eigenvalue weighted by Crippen LogP contribution is -2.32. The van der Waals surface area contributed by atoms with Crippen LogP contribution in [-0.2, 0) is 10.0 Å². The fourth-order valence-corrected chi connectivity index (χ4v) is 3.73. The van der Waals surface area contributed by atoms with Crippen LogP contribution in [0.4, 0.5) is 5.82 Å². The van der Waals surface area contributed by atoms with Gasteiger partial charge in [0.2, 0.25) is 0 Å². The maximum atomic E-state index is 12.3. The number of imidazole rings is 1. The van der Waals surface area contributed by atoms with Crippen molar-refractivity contribution in [3.63, 3.8) is 0 Å². The molecule has 0 saturated carbocycles. The van der Waals surface area contributed by atoms with Gasteiger partial charge in [0, 0.05) is 31.7 Å². The van der Waals surface area contributed by atoms with E-state index in [0.29, 0.717) is 23.9 Å². The number of aromatic nitrogens is 2. The first-order valence-electron chi connectivity index (χ1n) is 5.73. The van der Waals surface area contributed by atoms with Crippen LogP contribution in [0, 0.1) is 0 Å². The van der Waals surface area contributed by atoms with Crippen molar-refractivity contribution in [2.45, 2.75) is 5.03 Å². The van der Waals surface area contributed by atoms with Crippen LogP contribution >= 0.6 is 11.3 Å². The van der Waals surface area contributed by atoms with Crippen molar-refractivity contribution in [2.24, 2.45) is 0 Å². The van der Waals surface area contributed by atoms with E-state index in [9.17, 15) is 8.42 Å². The topological polar surface area (TPSA) is 78.7 Å². The first-order valence-corrected chi connectivity index (χ1v) is 8.09. The van der Waals surface area contributed by atoms with E-state index in [2.05, 4.69) is 15.0 Å². The van der Waals surface area contributed by atoms with Gasteiger partial charge in [0.05, 0.1) is 0 Å². The van der Waals surface area contributed by atoms with E-state index < -0.39 is 10.0 Å². The molecule has 0 spiro atoms. The second-order valence-electron chi connectivity index (χ2n) is 4.27. The monoisotopic (exact) mass is 303 g/mol. The highest BCUT2D eigenvalue weighted by atomic mass is 32.2. The van der Waals surface area contributed by atoms with Gasteiger partial charge >= 0.3 is 0 Å². The summed E-state index contributed by atoms with van der Waals surface area (Å²) in [6.07, 6.45) is 1.70. The number of nitrogens with zero attached hydrogens (tertiary/aromatic N) is 3. The number of sulfonamides is 1. The van der Waals surface area contributed by atoms with E-state index in [1.54, 1.807) is 23.0 Å². The zero-order chi connectivity index (χ0) is 14.0. The SMILES string of the molecule is CNc1nc2sccn2c1S(=O)(=O)NCCN(C)C. The molecule has 2 N–H and O–H groups in total. The van der Waals surface area contributed by atoms with Gasteiger partial charge in [-0.15, -0.1) is 11.3 Å². The molecule has 19 heavy (non-hydrogen) atoms. The Morgan fingerprint density at radius 2 is 2.21 bits per heavy atom. The number of rotatable bonds is 6. The lowest BCUT2D eigenvalue weighted by molar-refractivity contribution is 0.412. The second-order valence-corrected chi connectivity index (χ2v) is 6.83. The summed E-state index contributed by atoms with van der Waals surface area (Å²) in [5.41, 5.74) is 0. The van der Waals surface area contributed by atoms with Crippen molar-refractivity contribution in [1.29, 1.82) is 0 Å². The van der Waals surface area contributed by atoms with Crippen molar-refractivity contribution in [3.05, 3.63) is 11.6 Å². The largest absolute Gasteiger partial charge is 0.371 e. The summed E-state index contributed by atoms with van der Waals surface area (Å²) in [5.74, 6) is 0.365. The predicted molar refractivity (Wildman–Crippen MR) is 76.4 cm³/mol. The summed E-state index contributed by atoms with van der Waals surface area (Å²) in [7, 11) is 1.86. The summed E-state index contributed by atoms with van der Waals surface area (Å²) in [5, 5.41) is 4.79. The minimum Gasteiger partial charge on any atom is -0.371 e. The van der Waals surface area contributed by atoms with Gasteiger partial charge < -0.3 is 10.2 Å². The van der Waals surface area contributed by atoms with Crippen LogP contribution < -0.4 is 10.0 Å². The number of hydrogen-bond acceptors (Lipinski definition) is 6. The average molecular weight is 303 g/mol. The average Bonchev–Trinajstić information content (AvgIpc) is 2.86. The summed E-state index contributed by atoms with van der Waals surface area (Å²) in [6, 6.07) is 0. The number of thiazole rings is 1. The molecule has 7 nitrogen and oxygen atoms in total. The van der Waals surface area contributed by atoms with Crippen LogP contribution in [0.1, 0.15) is 0 Å². The van der Waals surface area contributed by atoms with Crippen molar-refractivity contribution in [3.8, 4) is 0 Å². The Bertz CT molecular complexity index is 659. The minimum absolute atomic E-state index is 0.157. The smallest absolute Gasteiger partial charge is 0.260 e. The molecule has 106 valence electrons. The summed E-state index contributed by atoms with van der Waals surface area (Å²) in [6.45, 7) is 0.996. The van der Waals surface area contributed by atoms with E-state index in [4.69, 9.17) is 0 Å². The minimum atomic E-state index is -3.58. The van der Waals surface area contributed by atoms with Gasteiger partial charge in [-0.1, -0.05) is 0 Å². The number of fused-ring (bicyclic) bond motifs is 1. The van der Waals surface area contributed by atoms with E-state index in [-0.39, 0.29) is 5.03 Å². The zero-order valence-electron chi connectivity index (χ0n) is 11.0. The van der Waals surface area contributed by atoms with Gasteiger partial charge in [0.15, 0.2) is 15.8 Å². The van der Waals surface area contributed by atoms with Crippen LogP contribution in [0.5, 0.6) is 0 Å². The maximum absolute atomic E-state index is 12.3. The van der Waals surface area contributed by atoms with Crippen LogP contribution in [0.2, 0.25) is 0 Å². The molecular formula is C10H17N5O2S2. The molecule has 9 heteroatoms. The molecule has 2 aromatic rings. The van der Waals surface area contributed by atoms with E-state index >= 15 is 0 Å². The lowest BCUT2D eigenvalue weighted by atomic mass is 10.6. The van der Waals surface area contributed by atoms with E-state index in [1.165, 1.54) is 11.3 Å². The Labute approximate surface area is 116 Å². The molecule has 0 bridgehead atoms. The van der Waals surface area contributed by atoms with Gasteiger partial charge in [-0.05, 0) is 14.1 Å². The van der Waals surface area contributed by atoms with Crippen LogP contribution in [-0.4, -0.2) is 56.9 Å². The molecule has 0 radical (unpaired) electrons. The van der Waals surface area contributed by atoms with Crippen LogP contribution in [0.25, 0.3) is 4.96 Å². The molecule has 0 saturated heterocycles. The van der Waals surface area contributed by atoms with Crippen molar-refractivity contribution in [1.82, 2.24) is 19.0 Å². The first kappa shape index (κ1) is 14.3. The van der Waals surface area contributed by atoms with Crippen molar-refractivity contribution in [2.75, 3.05) is 39.5 Å². The first-order chi connectivity index (χ1) is 8.95. The Balaban J connectivity index is 2.33. The molecule has 0 aliphatic carbocycles. The molecule has 0 fully saturated rings. The molecule has 0 amide bonds. The molecule has 2 heterocycles. The van der Waals surface area contributed by atoms with Crippen molar-refractivity contribution >= 4 is 32.1 Å². The normalized spacial score (nSPS) is 12.4. The predicted octanol–water partition coefficient (Wildman–Crippen LogP) is 0.277. The van der Waals surface area contributed by atoms with Gasteiger partial charge in [0.25, 0.3) is 10.0 Å². The molecule has 2 aromatic heterocycles. The number of nitrogens with one attached hydrogen (secondary N) is 2. The third kappa shape index (κ3) is 2.89. The molecule has 0 aliphatic rings. The highest BCUT2D eigenvalue weighted by Gasteiger charge is 2.24. The van der Waals surface area contributed by atoms with E-state index in [1.807, 2.05) is 19.0 Å². The fraction of sp³-hybridized carbons (Fsp3) is 0.500. The molecule has 0 aliphatic heterocycles. The molecule has 0 aromatic carbocycles. The quantitative estimate of drug-likeness (QED) is 0.801. The van der Waals surface area contributed by atoms with E-state index in [0.717, 1.165) is 0 Å². The van der Waals surface area contributed by atoms with Gasteiger partial charge in [-0.3, -0.25) is 4.40 Å². The number of anilines is 1. The highest BCUT2D eigenvalue weighted by molar-refractivity contribution is 7.89. The Morgan fingerprint density at radius 1 is 1.47 bits per heavy atom. The van der Waals surface area contributed by atoms with Crippen LogP contribution in [0.15, 0.2) is 16.6 Å². The van der Waals surface area contributed by atoms with Crippen LogP contribution in [0.3, 0.4) is 0 Å². The number of likely N-dealkylation sites (N-methyl/N-ethyl adjacent to an activating group) is 1. The standard InChI is InChI=1S/C10H17N5O2S2/c1-11-8-9(15-6-7-18-10(15)13-8)19(16,17)12-4-5-14(2)3/h6-7,11-12H,4-5H2,1-3H3. The Morgan fingerprint density at radius 3 is 2.84 bits per heavy atom. The highest BCUT2D eigenvalue weighted by Crippen LogP contribution is 2.24. The molecule has 0 atom stereocenters. The Kier molecular flexibility index (Phi) is 4.09. The maximum Gasteiger partial charge on any atom is 0.260 e. The fourth-order valence-electron chi connectivity index (χ4n) is 1.66. The molecule has 2 rings (SSSR count). The summed E-state index contributed by atoms with van der Waals surface area (Å²) < 4.78 is 28.8. The zero-order valence-corrected chi connectivity index (χ0v) is 12.7. The van der Waals surface area contributed by atoms with Gasteiger partial charge in [0.1, 0.15) is 0 Å². The second kappa shape index (κ2) is 5.45. The van der Waals surface area contributed by atoms with Crippen molar-refractivity contribution < 1.29 is 8.42 Å². The Hall–Kier alpha value is -1.16. The van der Waals surface area contributed by atoms with Gasteiger partial charge in [-0.25, -0.2) is 18.1 Å². The molecular weight excluding hydrogens is 286 g/mol.